The number of ether oxygens (including phenoxy) is 2. The van der Waals surface area contributed by atoms with E-state index in [0.717, 1.165) is 39.1 Å². The molecule has 0 bridgehead atoms. The lowest BCUT2D eigenvalue weighted by molar-refractivity contribution is 0.0242. The van der Waals surface area contributed by atoms with E-state index in [2.05, 4.69) is 17.6 Å². The molecule has 1 amide bonds. The molecule has 0 atom stereocenters. The highest BCUT2D eigenvalue weighted by molar-refractivity contribution is 5.67. The van der Waals surface area contributed by atoms with Gasteiger partial charge in [-0.15, -0.1) is 0 Å². The van der Waals surface area contributed by atoms with Gasteiger partial charge >= 0.3 is 6.09 Å². The molecular weight excluding hydrogens is 244 g/mol. The van der Waals surface area contributed by atoms with Crippen LogP contribution in [0.3, 0.4) is 0 Å². The van der Waals surface area contributed by atoms with Crippen LogP contribution >= 0.6 is 0 Å². The molecule has 112 valence electrons. The van der Waals surface area contributed by atoms with Crippen molar-refractivity contribution in [1.29, 1.82) is 0 Å². The Morgan fingerprint density at radius 2 is 1.89 bits per heavy atom. The van der Waals surface area contributed by atoms with E-state index in [-0.39, 0.29) is 6.09 Å². The summed E-state index contributed by atoms with van der Waals surface area (Å²) in [5, 5.41) is 6.13. The van der Waals surface area contributed by atoms with Crippen molar-refractivity contribution in [3.05, 3.63) is 0 Å². The molecule has 5 nitrogen and oxygen atoms in total. The number of alkyl carbamates (subject to hydrolysis) is 1. The van der Waals surface area contributed by atoms with Crippen LogP contribution in [-0.4, -0.2) is 44.5 Å². The third kappa shape index (κ3) is 7.38. The summed E-state index contributed by atoms with van der Waals surface area (Å²) in [5.74, 6) is 0. The molecule has 1 rings (SSSR count). The van der Waals surface area contributed by atoms with Crippen molar-refractivity contribution in [2.75, 3.05) is 32.8 Å². The Balaban J connectivity index is 2.06. The Bertz CT molecular complexity index is 281. The van der Waals surface area contributed by atoms with Crippen molar-refractivity contribution < 1.29 is 14.3 Å². The van der Waals surface area contributed by atoms with Gasteiger partial charge in [-0.3, -0.25) is 0 Å². The summed E-state index contributed by atoms with van der Waals surface area (Å²) in [6.07, 6.45) is 1.84. The smallest absolute Gasteiger partial charge is 0.407 e. The van der Waals surface area contributed by atoms with Crippen LogP contribution in [0.5, 0.6) is 0 Å². The summed E-state index contributed by atoms with van der Waals surface area (Å²) in [6.45, 7) is 11.9. The van der Waals surface area contributed by atoms with Crippen LogP contribution in [-0.2, 0) is 9.47 Å². The van der Waals surface area contributed by atoms with Gasteiger partial charge in [-0.05, 0) is 39.0 Å². The Labute approximate surface area is 116 Å². The maximum atomic E-state index is 11.4. The van der Waals surface area contributed by atoms with Crippen molar-refractivity contribution in [1.82, 2.24) is 10.6 Å². The summed E-state index contributed by atoms with van der Waals surface area (Å²) in [6, 6.07) is 0. The average Bonchev–Trinajstić information content (AvgIpc) is 2.27. The van der Waals surface area contributed by atoms with E-state index in [4.69, 9.17) is 9.47 Å². The minimum absolute atomic E-state index is 0.324. The van der Waals surface area contributed by atoms with Crippen LogP contribution in [0.4, 0.5) is 4.79 Å². The topological polar surface area (TPSA) is 59.6 Å². The maximum Gasteiger partial charge on any atom is 0.407 e. The van der Waals surface area contributed by atoms with Crippen molar-refractivity contribution in [3.63, 3.8) is 0 Å². The molecule has 0 saturated carbocycles. The largest absolute Gasteiger partial charge is 0.444 e. The van der Waals surface area contributed by atoms with E-state index in [1.165, 1.54) is 0 Å². The number of amides is 1. The number of hydrogen-bond donors (Lipinski definition) is 2. The standard InChI is InChI=1S/C14H28N2O3/c1-13(2,3)19-12(17)16-8-7-15-11-14(4)5-9-18-10-6-14/h15H,5-11H2,1-4H3,(H,16,17). The molecular formula is C14H28N2O3. The van der Waals surface area contributed by atoms with Gasteiger partial charge in [-0.25, -0.2) is 4.79 Å². The van der Waals surface area contributed by atoms with Crippen LogP contribution in [0.1, 0.15) is 40.5 Å². The lowest BCUT2D eigenvalue weighted by Crippen LogP contribution is -2.41. The molecule has 0 aromatic rings. The fraction of sp³-hybridized carbons (Fsp3) is 0.929. The highest BCUT2D eigenvalue weighted by Crippen LogP contribution is 2.28. The van der Waals surface area contributed by atoms with Crippen molar-refractivity contribution in [2.45, 2.75) is 46.1 Å². The summed E-state index contributed by atoms with van der Waals surface area (Å²) < 4.78 is 10.5. The highest BCUT2D eigenvalue weighted by atomic mass is 16.6. The molecule has 1 saturated heterocycles. The molecule has 1 heterocycles. The molecule has 0 aromatic heterocycles. The molecule has 0 radical (unpaired) electrons. The molecule has 0 spiro atoms. The maximum absolute atomic E-state index is 11.4. The summed E-state index contributed by atoms with van der Waals surface area (Å²) in [4.78, 5) is 11.4. The van der Waals surface area contributed by atoms with Gasteiger partial charge in [0.15, 0.2) is 0 Å². The quantitative estimate of drug-likeness (QED) is 0.751. The molecule has 1 fully saturated rings. The molecule has 1 aliphatic rings. The zero-order valence-electron chi connectivity index (χ0n) is 12.7. The SMILES string of the molecule is CC1(CNCCNC(=O)OC(C)(C)C)CCOCC1. The zero-order chi connectivity index (χ0) is 14.4. The van der Waals surface area contributed by atoms with Gasteiger partial charge in [0.05, 0.1) is 0 Å². The lowest BCUT2D eigenvalue weighted by atomic mass is 9.82. The fourth-order valence-electron chi connectivity index (χ4n) is 2.00. The second-order valence-electron chi connectivity index (χ2n) is 6.53. The zero-order valence-corrected chi connectivity index (χ0v) is 12.7. The molecule has 5 heteroatoms. The second kappa shape index (κ2) is 7.10. The third-order valence-electron chi connectivity index (χ3n) is 3.22. The Morgan fingerprint density at radius 3 is 2.47 bits per heavy atom. The van der Waals surface area contributed by atoms with Gasteiger partial charge in [0.25, 0.3) is 0 Å². The Morgan fingerprint density at radius 1 is 1.26 bits per heavy atom. The second-order valence-corrected chi connectivity index (χ2v) is 6.53. The van der Waals surface area contributed by atoms with Gasteiger partial charge in [0, 0.05) is 32.8 Å². The number of rotatable bonds is 5. The van der Waals surface area contributed by atoms with Crippen LogP contribution < -0.4 is 10.6 Å². The number of nitrogens with one attached hydrogen (secondary N) is 2. The van der Waals surface area contributed by atoms with Gasteiger partial charge in [0.1, 0.15) is 5.60 Å². The minimum Gasteiger partial charge on any atom is -0.444 e. The molecule has 2 N–H and O–H groups in total. The summed E-state index contributed by atoms with van der Waals surface area (Å²) in [5.41, 5.74) is -0.114. The van der Waals surface area contributed by atoms with E-state index in [1.54, 1.807) is 0 Å². The molecule has 19 heavy (non-hydrogen) atoms. The normalized spacial score (nSPS) is 18.9. The van der Waals surface area contributed by atoms with Gasteiger partial charge in [-0.1, -0.05) is 6.92 Å². The van der Waals surface area contributed by atoms with E-state index < -0.39 is 5.60 Å². The predicted molar refractivity (Wildman–Crippen MR) is 75.3 cm³/mol. The number of carbonyl (C=O) groups is 1. The molecule has 0 aliphatic carbocycles. The van der Waals surface area contributed by atoms with Crippen molar-refractivity contribution in [2.24, 2.45) is 5.41 Å². The fourth-order valence-corrected chi connectivity index (χ4v) is 2.00. The Hall–Kier alpha value is -0.810. The molecule has 0 aromatic carbocycles. The molecule has 0 unspecified atom stereocenters. The number of carbonyl (C=O) groups excluding carboxylic acids is 1. The lowest BCUT2D eigenvalue weighted by Gasteiger charge is -2.33. The first-order valence-corrected chi connectivity index (χ1v) is 7.06. The van der Waals surface area contributed by atoms with E-state index in [9.17, 15) is 4.79 Å². The first-order valence-electron chi connectivity index (χ1n) is 7.06. The molecule has 1 aliphatic heterocycles. The Kier molecular flexibility index (Phi) is 6.07. The summed E-state index contributed by atoms with van der Waals surface area (Å²) in [7, 11) is 0. The van der Waals surface area contributed by atoms with Crippen LogP contribution in [0.25, 0.3) is 0 Å². The predicted octanol–water partition coefficient (Wildman–Crippen LogP) is 1.92. The van der Waals surface area contributed by atoms with Crippen LogP contribution in [0.15, 0.2) is 0 Å². The highest BCUT2D eigenvalue weighted by Gasteiger charge is 2.26. The van der Waals surface area contributed by atoms with Crippen LogP contribution in [0.2, 0.25) is 0 Å². The first kappa shape index (κ1) is 16.2. The van der Waals surface area contributed by atoms with E-state index >= 15 is 0 Å². The van der Waals surface area contributed by atoms with Gasteiger partial charge in [0.2, 0.25) is 0 Å². The van der Waals surface area contributed by atoms with E-state index in [1.807, 2.05) is 20.8 Å². The van der Waals surface area contributed by atoms with Crippen molar-refractivity contribution in [3.8, 4) is 0 Å². The van der Waals surface area contributed by atoms with E-state index in [0.29, 0.717) is 12.0 Å². The summed E-state index contributed by atoms with van der Waals surface area (Å²) >= 11 is 0. The van der Waals surface area contributed by atoms with Gasteiger partial charge < -0.3 is 20.1 Å². The van der Waals surface area contributed by atoms with Crippen molar-refractivity contribution >= 4 is 6.09 Å². The van der Waals surface area contributed by atoms with Gasteiger partial charge in [-0.2, -0.15) is 0 Å². The number of hydrogen-bond acceptors (Lipinski definition) is 4. The first-order chi connectivity index (χ1) is 8.81. The average molecular weight is 272 g/mol. The van der Waals surface area contributed by atoms with Crippen LogP contribution in [0, 0.1) is 5.41 Å². The monoisotopic (exact) mass is 272 g/mol. The third-order valence-corrected chi connectivity index (χ3v) is 3.22. The minimum atomic E-state index is -0.437.